The second-order valence-corrected chi connectivity index (χ2v) is 11.1. The van der Waals surface area contributed by atoms with Gasteiger partial charge in [-0.15, -0.1) is 0 Å². The van der Waals surface area contributed by atoms with Gasteiger partial charge in [0.1, 0.15) is 6.54 Å². The molecule has 0 fully saturated rings. The number of nitrogens with zero attached hydrogens (tertiary/aromatic N) is 1. The number of aryl methyl sites for hydroxylation is 4. The van der Waals surface area contributed by atoms with Gasteiger partial charge in [-0.05, 0) is 85.5 Å². The molecule has 0 radical (unpaired) electrons. The molecule has 1 aliphatic rings. The number of anilines is 2. The number of hydrogen-bond donors (Lipinski definition) is 1. The summed E-state index contributed by atoms with van der Waals surface area (Å²) in [7, 11) is -3.97. The fourth-order valence-electron chi connectivity index (χ4n) is 4.82. The largest absolute Gasteiger partial charge is 0.324 e. The van der Waals surface area contributed by atoms with Gasteiger partial charge in [0.15, 0.2) is 0 Å². The molecule has 4 aromatic carbocycles. The molecule has 1 N–H and O–H groups in total. The molecule has 5 nitrogen and oxygen atoms in total. The predicted molar refractivity (Wildman–Crippen MR) is 142 cm³/mol. The number of sulfonamides is 1. The lowest BCUT2D eigenvalue weighted by molar-refractivity contribution is -0.114. The lowest BCUT2D eigenvalue weighted by Crippen LogP contribution is -2.38. The fourth-order valence-corrected chi connectivity index (χ4v) is 6.30. The quantitative estimate of drug-likeness (QED) is 0.382. The molecular formula is C29H28N2O3S. The second kappa shape index (κ2) is 8.86. The number of carbonyl (C=O) groups excluding carboxylic acids is 1. The summed E-state index contributed by atoms with van der Waals surface area (Å²) >= 11 is 0. The van der Waals surface area contributed by atoms with E-state index < -0.39 is 10.0 Å². The van der Waals surface area contributed by atoms with Crippen LogP contribution in [0.15, 0.2) is 77.7 Å². The molecule has 0 aliphatic heterocycles. The van der Waals surface area contributed by atoms with Crippen LogP contribution in [-0.4, -0.2) is 20.9 Å². The van der Waals surface area contributed by atoms with Crippen molar-refractivity contribution in [3.63, 3.8) is 0 Å². The van der Waals surface area contributed by atoms with Gasteiger partial charge in [0.25, 0.3) is 10.0 Å². The molecule has 4 aromatic rings. The van der Waals surface area contributed by atoms with Gasteiger partial charge in [-0.1, -0.05) is 54.1 Å². The average molecular weight is 485 g/mol. The fraction of sp³-hybridized carbons (Fsp3) is 0.207. The van der Waals surface area contributed by atoms with E-state index in [1.165, 1.54) is 20.8 Å². The van der Waals surface area contributed by atoms with Gasteiger partial charge in [-0.25, -0.2) is 8.42 Å². The van der Waals surface area contributed by atoms with E-state index >= 15 is 0 Å². The third-order valence-corrected chi connectivity index (χ3v) is 8.67. The van der Waals surface area contributed by atoms with Crippen LogP contribution in [0.25, 0.3) is 10.8 Å². The smallest absolute Gasteiger partial charge is 0.264 e. The van der Waals surface area contributed by atoms with E-state index in [9.17, 15) is 13.2 Å². The van der Waals surface area contributed by atoms with Gasteiger partial charge < -0.3 is 5.32 Å². The highest BCUT2D eigenvalue weighted by atomic mass is 32.2. The first-order valence-corrected chi connectivity index (χ1v) is 13.2. The zero-order valence-electron chi connectivity index (χ0n) is 20.1. The maximum atomic E-state index is 13.8. The minimum absolute atomic E-state index is 0.155. The monoisotopic (exact) mass is 484 g/mol. The Kier molecular flexibility index (Phi) is 5.85. The number of benzene rings is 4. The van der Waals surface area contributed by atoms with Gasteiger partial charge in [-0.3, -0.25) is 9.10 Å². The molecule has 6 heteroatoms. The molecule has 0 aromatic heterocycles. The molecule has 178 valence electrons. The lowest BCUT2D eigenvalue weighted by Gasteiger charge is -2.26. The number of amides is 1. The van der Waals surface area contributed by atoms with Crippen molar-refractivity contribution in [2.24, 2.45) is 0 Å². The zero-order chi connectivity index (χ0) is 24.7. The summed E-state index contributed by atoms with van der Waals surface area (Å²) in [5, 5.41) is 5.18. The Morgan fingerprint density at radius 1 is 0.857 bits per heavy atom. The summed E-state index contributed by atoms with van der Waals surface area (Å²) in [5.41, 5.74) is 6.51. The van der Waals surface area contributed by atoms with Gasteiger partial charge >= 0.3 is 0 Å². The molecule has 0 saturated carbocycles. The summed E-state index contributed by atoms with van der Waals surface area (Å²) in [6, 6.07) is 22.3. The van der Waals surface area contributed by atoms with Crippen molar-refractivity contribution in [1.82, 2.24) is 0 Å². The van der Waals surface area contributed by atoms with Gasteiger partial charge in [0.2, 0.25) is 5.91 Å². The van der Waals surface area contributed by atoms with Crippen LogP contribution in [-0.2, 0) is 27.7 Å². The van der Waals surface area contributed by atoms with Crippen molar-refractivity contribution >= 4 is 38.1 Å². The van der Waals surface area contributed by atoms with E-state index in [1.54, 1.807) is 30.3 Å². The molecule has 5 rings (SSSR count). The van der Waals surface area contributed by atoms with Gasteiger partial charge in [0, 0.05) is 11.1 Å². The SMILES string of the molecule is Cc1ccc(S(=O)(=O)N(CC(=O)Nc2ccc3c4c(cccc24)CC3)c2cccc(C)c2C)cc1. The predicted octanol–water partition coefficient (Wildman–Crippen LogP) is 5.70. The van der Waals surface area contributed by atoms with Crippen LogP contribution >= 0.6 is 0 Å². The topological polar surface area (TPSA) is 66.5 Å². The van der Waals surface area contributed by atoms with E-state index in [1.807, 2.05) is 51.1 Å². The highest BCUT2D eigenvalue weighted by molar-refractivity contribution is 7.92. The van der Waals surface area contributed by atoms with Crippen LogP contribution in [0.2, 0.25) is 0 Å². The van der Waals surface area contributed by atoms with Crippen LogP contribution in [0.5, 0.6) is 0 Å². The summed E-state index contributed by atoms with van der Waals surface area (Å²) in [5.74, 6) is -0.389. The standard InChI is InChI=1S/C29H28N2O3S/c1-19-10-15-24(16-11-19)35(33,34)31(27-9-4-6-20(2)21(27)3)18-28(32)30-26-17-14-23-13-12-22-7-5-8-25(26)29(22)23/h4-11,14-17H,12-13,18H2,1-3H3,(H,30,32). The average Bonchev–Trinajstić information content (AvgIpc) is 3.26. The molecule has 1 amide bonds. The highest BCUT2D eigenvalue weighted by Gasteiger charge is 2.29. The molecule has 1 aliphatic carbocycles. The molecule has 0 atom stereocenters. The number of rotatable bonds is 6. The van der Waals surface area contributed by atoms with Gasteiger partial charge in [-0.2, -0.15) is 0 Å². The minimum Gasteiger partial charge on any atom is -0.324 e. The van der Waals surface area contributed by atoms with Crippen molar-refractivity contribution in [2.45, 2.75) is 38.5 Å². The van der Waals surface area contributed by atoms with E-state index in [0.717, 1.165) is 34.9 Å². The minimum atomic E-state index is -3.97. The summed E-state index contributed by atoms with van der Waals surface area (Å²) in [4.78, 5) is 13.5. The van der Waals surface area contributed by atoms with Crippen LogP contribution in [0.3, 0.4) is 0 Å². The number of hydrogen-bond acceptors (Lipinski definition) is 3. The first-order chi connectivity index (χ1) is 16.8. The molecule has 0 heterocycles. The highest BCUT2D eigenvalue weighted by Crippen LogP contribution is 2.35. The maximum absolute atomic E-state index is 13.8. The Labute approximate surface area is 206 Å². The Bertz CT molecular complexity index is 1550. The third-order valence-electron chi connectivity index (χ3n) is 6.89. The van der Waals surface area contributed by atoms with E-state index in [0.29, 0.717) is 11.4 Å². The number of nitrogens with one attached hydrogen (secondary N) is 1. The molecule has 0 saturated heterocycles. The van der Waals surface area contributed by atoms with Crippen molar-refractivity contribution in [1.29, 1.82) is 0 Å². The van der Waals surface area contributed by atoms with E-state index in [4.69, 9.17) is 0 Å². The first-order valence-electron chi connectivity index (χ1n) is 11.7. The maximum Gasteiger partial charge on any atom is 0.264 e. The van der Waals surface area contributed by atoms with Crippen LogP contribution < -0.4 is 9.62 Å². The zero-order valence-corrected chi connectivity index (χ0v) is 20.9. The lowest BCUT2D eigenvalue weighted by atomic mass is 10.0. The van der Waals surface area contributed by atoms with Crippen LogP contribution in [0.4, 0.5) is 11.4 Å². The van der Waals surface area contributed by atoms with Crippen LogP contribution in [0.1, 0.15) is 27.8 Å². The molecule has 0 bridgehead atoms. The number of carbonyl (C=O) groups is 1. The molecule has 0 unspecified atom stereocenters. The van der Waals surface area contributed by atoms with E-state index in [2.05, 4.69) is 17.4 Å². The summed E-state index contributed by atoms with van der Waals surface area (Å²) in [6.07, 6.45) is 2.00. The van der Waals surface area contributed by atoms with Crippen LogP contribution in [0, 0.1) is 20.8 Å². The Hall–Kier alpha value is -3.64. The Morgan fingerprint density at radius 3 is 2.29 bits per heavy atom. The third kappa shape index (κ3) is 4.19. The summed E-state index contributed by atoms with van der Waals surface area (Å²) in [6.45, 7) is 5.39. The van der Waals surface area contributed by atoms with Gasteiger partial charge in [0.05, 0.1) is 10.6 Å². The van der Waals surface area contributed by atoms with Crippen molar-refractivity contribution < 1.29 is 13.2 Å². The Morgan fingerprint density at radius 2 is 1.54 bits per heavy atom. The second-order valence-electron chi connectivity index (χ2n) is 9.20. The normalized spacial score (nSPS) is 12.7. The molecular weight excluding hydrogens is 456 g/mol. The summed E-state index contributed by atoms with van der Waals surface area (Å²) < 4.78 is 28.7. The van der Waals surface area contributed by atoms with E-state index in [-0.39, 0.29) is 17.3 Å². The van der Waals surface area contributed by atoms with Crippen molar-refractivity contribution in [3.05, 3.63) is 101 Å². The molecule has 0 spiro atoms. The molecule has 35 heavy (non-hydrogen) atoms. The van der Waals surface area contributed by atoms with Crippen molar-refractivity contribution in [3.8, 4) is 0 Å². The van der Waals surface area contributed by atoms with Crippen molar-refractivity contribution in [2.75, 3.05) is 16.2 Å². The first kappa shape index (κ1) is 23.1. The Balaban J connectivity index is 1.52.